The van der Waals surface area contributed by atoms with Gasteiger partial charge in [0, 0.05) is 24.5 Å². The van der Waals surface area contributed by atoms with Gasteiger partial charge in [-0.2, -0.15) is 9.78 Å². The van der Waals surface area contributed by atoms with Crippen molar-refractivity contribution in [2.24, 2.45) is 5.10 Å². The summed E-state index contributed by atoms with van der Waals surface area (Å²) in [4.78, 5) is 40.3. The highest BCUT2D eigenvalue weighted by atomic mass is 35.5. The van der Waals surface area contributed by atoms with Crippen molar-refractivity contribution in [3.05, 3.63) is 63.4 Å². The monoisotopic (exact) mass is 666 g/mol. The minimum Gasteiger partial charge on any atom is -0.479 e. The number of hydrogen-bond acceptors (Lipinski definition) is 9. The summed E-state index contributed by atoms with van der Waals surface area (Å²) in [7, 11) is -3.88. The lowest BCUT2D eigenvalue weighted by atomic mass is 9.95. The van der Waals surface area contributed by atoms with Crippen LogP contribution in [0.3, 0.4) is 0 Å². The number of sulfone groups is 1. The van der Waals surface area contributed by atoms with Gasteiger partial charge in [0.2, 0.25) is 9.84 Å². The number of carboxylic acids is 2. The molecule has 0 saturated carbocycles. The van der Waals surface area contributed by atoms with E-state index in [4.69, 9.17) is 28.3 Å². The number of carbonyl (C=O) groups excluding carboxylic acids is 1. The van der Waals surface area contributed by atoms with E-state index in [0.29, 0.717) is 29.2 Å². The van der Waals surface area contributed by atoms with Crippen molar-refractivity contribution in [1.82, 2.24) is 19.7 Å². The Balaban J connectivity index is 0.000000244. The summed E-state index contributed by atoms with van der Waals surface area (Å²) in [6.45, 7) is 11.5. The van der Waals surface area contributed by atoms with E-state index in [1.54, 1.807) is 26.0 Å². The van der Waals surface area contributed by atoms with E-state index in [-0.39, 0.29) is 32.9 Å². The first-order chi connectivity index (χ1) is 20.5. The summed E-state index contributed by atoms with van der Waals surface area (Å²) in [6, 6.07) is 7.68. The molecule has 1 amide bonds. The number of anilines is 1. The third-order valence-corrected chi connectivity index (χ3v) is 9.25. The number of aromatic nitrogens is 3. The first kappa shape index (κ1) is 34.5. The number of aliphatic carboxylic acids is 2. The molecule has 1 unspecified atom stereocenters. The van der Waals surface area contributed by atoms with Crippen molar-refractivity contribution in [1.29, 1.82) is 0 Å². The quantitative estimate of drug-likeness (QED) is 0.355. The zero-order valence-corrected chi connectivity index (χ0v) is 27.2. The lowest BCUT2D eigenvalue weighted by Gasteiger charge is -2.30. The minimum absolute atomic E-state index is 0.195. The Morgan fingerprint density at radius 2 is 1.61 bits per heavy atom. The predicted octanol–water partition coefficient (Wildman–Crippen LogP) is 4.83. The van der Waals surface area contributed by atoms with Gasteiger partial charge in [0.1, 0.15) is 12.0 Å². The van der Waals surface area contributed by atoms with Gasteiger partial charge in [0.15, 0.2) is 5.54 Å². The van der Waals surface area contributed by atoms with E-state index in [2.05, 4.69) is 15.2 Å². The molecule has 1 aromatic heterocycles. The number of amides is 1. The van der Waals surface area contributed by atoms with Crippen LogP contribution in [0, 0.1) is 20.8 Å². The Bertz CT molecular complexity index is 1730. The van der Waals surface area contributed by atoms with Crippen LogP contribution in [0.5, 0.6) is 0 Å². The second-order valence-corrected chi connectivity index (χ2v) is 12.8. The molecule has 3 aromatic rings. The van der Waals surface area contributed by atoms with E-state index in [9.17, 15) is 27.9 Å². The Labute approximate surface area is 264 Å². The SMILES string of the molecule is CC1(C(=O)O)CC(C(=O)O)=NN1c1ccc(Cl)cc1Cl.CCN(CC)C(=O)n1cnc(S(=O)(=O)c2c(C)cc(C)cc2C)n1. The van der Waals surface area contributed by atoms with Crippen LogP contribution >= 0.6 is 23.2 Å². The minimum atomic E-state index is -3.88. The maximum Gasteiger partial charge on any atom is 0.352 e. The highest BCUT2D eigenvalue weighted by Crippen LogP contribution is 2.38. The van der Waals surface area contributed by atoms with Crippen LogP contribution in [-0.2, 0) is 19.4 Å². The van der Waals surface area contributed by atoms with Crippen LogP contribution in [0.15, 0.2) is 51.8 Å². The van der Waals surface area contributed by atoms with Crippen LogP contribution < -0.4 is 5.01 Å². The van der Waals surface area contributed by atoms with Crippen molar-refractivity contribution in [2.45, 2.75) is 63.6 Å². The molecule has 0 spiro atoms. The molecule has 16 heteroatoms. The molecule has 236 valence electrons. The molecule has 2 heterocycles. The number of carboxylic acid groups (broad SMARTS) is 2. The molecule has 0 aliphatic carbocycles. The van der Waals surface area contributed by atoms with E-state index in [1.165, 1.54) is 30.0 Å². The number of rotatable bonds is 7. The molecule has 1 aliphatic rings. The maximum atomic E-state index is 12.9. The van der Waals surface area contributed by atoms with Crippen LogP contribution in [0.4, 0.5) is 10.5 Å². The van der Waals surface area contributed by atoms with E-state index in [0.717, 1.165) is 21.6 Å². The summed E-state index contributed by atoms with van der Waals surface area (Å²) in [5.41, 5.74) is 0.806. The third kappa shape index (κ3) is 6.87. The molecule has 1 atom stereocenters. The van der Waals surface area contributed by atoms with Crippen molar-refractivity contribution in [3.63, 3.8) is 0 Å². The smallest absolute Gasteiger partial charge is 0.352 e. The van der Waals surface area contributed by atoms with E-state index < -0.39 is 33.3 Å². The molecule has 0 radical (unpaired) electrons. The molecule has 44 heavy (non-hydrogen) atoms. The lowest BCUT2D eigenvalue weighted by Crippen LogP contribution is -2.47. The molecule has 1 aliphatic heterocycles. The van der Waals surface area contributed by atoms with Gasteiger partial charge >= 0.3 is 18.0 Å². The number of hydrazone groups is 1. The van der Waals surface area contributed by atoms with Gasteiger partial charge in [-0.25, -0.2) is 32.8 Å². The van der Waals surface area contributed by atoms with Crippen LogP contribution in [0.1, 0.15) is 43.9 Å². The molecule has 2 aromatic carbocycles. The molecule has 0 fully saturated rings. The zero-order chi connectivity index (χ0) is 33.1. The first-order valence-electron chi connectivity index (χ1n) is 13.3. The number of benzene rings is 2. The Hall–Kier alpha value is -4.01. The fourth-order valence-corrected chi connectivity index (χ4v) is 6.73. The Kier molecular flexibility index (Phi) is 10.4. The fourth-order valence-electron chi connectivity index (χ4n) is 4.71. The van der Waals surface area contributed by atoms with Gasteiger partial charge in [-0.15, -0.1) is 5.10 Å². The molecule has 0 bridgehead atoms. The Morgan fingerprint density at radius 1 is 1.02 bits per heavy atom. The lowest BCUT2D eigenvalue weighted by molar-refractivity contribution is -0.142. The standard InChI is InChI=1S/C16H22N4O3S.C12H10Cl2N2O4/c1-6-19(7-2)16(21)20-10-17-15(18-20)24(22,23)14-12(4)8-11(3)9-13(14)5;1-12(11(19)20)5-8(10(17)18)15-16(12)9-3-2-6(13)4-7(9)14/h8-10H,6-7H2,1-5H3;2-4H,5H2,1H3,(H,17,18)(H,19,20). The van der Waals surface area contributed by atoms with Gasteiger partial charge in [-0.3, -0.25) is 0 Å². The topological polar surface area (TPSA) is 175 Å². The molecular formula is C28H32Cl2N6O7S. The van der Waals surface area contributed by atoms with Gasteiger partial charge in [0.25, 0.3) is 5.16 Å². The number of nitrogens with zero attached hydrogens (tertiary/aromatic N) is 6. The number of halogens is 2. The van der Waals surface area contributed by atoms with Crippen LogP contribution in [-0.4, -0.2) is 80.6 Å². The van der Waals surface area contributed by atoms with E-state index >= 15 is 0 Å². The first-order valence-corrected chi connectivity index (χ1v) is 15.5. The zero-order valence-electron chi connectivity index (χ0n) is 24.9. The maximum absolute atomic E-state index is 12.9. The Morgan fingerprint density at radius 3 is 2.11 bits per heavy atom. The number of carbonyl (C=O) groups is 3. The van der Waals surface area contributed by atoms with Gasteiger partial charge < -0.3 is 15.1 Å². The molecule has 13 nitrogen and oxygen atoms in total. The fraction of sp³-hybridized carbons (Fsp3) is 0.357. The summed E-state index contributed by atoms with van der Waals surface area (Å²) in [5, 5.41) is 27.5. The average Bonchev–Trinajstić information content (AvgIpc) is 3.56. The van der Waals surface area contributed by atoms with Crippen molar-refractivity contribution >= 4 is 62.4 Å². The van der Waals surface area contributed by atoms with Gasteiger partial charge in [-0.05, 0) is 70.9 Å². The van der Waals surface area contributed by atoms with Crippen molar-refractivity contribution in [3.8, 4) is 0 Å². The average molecular weight is 668 g/mol. The number of aryl methyl sites for hydroxylation is 3. The second kappa shape index (κ2) is 13.3. The van der Waals surface area contributed by atoms with Crippen LogP contribution in [0.2, 0.25) is 10.0 Å². The van der Waals surface area contributed by atoms with Gasteiger partial charge in [-0.1, -0.05) is 40.9 Å². The summed E-state index contributed by atoms with van der Waals surface area (Å²) in [5.74, 6) is -2.45. The van der Waals surface area contributed by atoms with Crippen molar-refractivity contribution in [2.75, 3.05) is 18.1 Å². The number of hydrogen-bond donors (Lipinski definition) is 2. The second-order valence-electron chi connectivity index (χ2n) is 10.2. The molecule has 2 N–H and O–H groups in total. The molecule has 4 rings (SSSR count). The van der Waals surface area contributed by atoms with Crippen molar-refractivity contribution < 1.29 is 33.0 Å². The predicted molar refractivity (Wildman–Crippen MR) is 165 cm³/mol. The summed E-state index contributed by atoms with van der Waals surface area (Å²) in [6.07, 6.45) is 0.920. The highest BCUT2D eigenvalue weighted by molar-refractivity contribution is 7.91. The summed E-state index contributed by atoms with van der Waals surface area (Å²) >= 11 is 11.8. The molecular weight excluding hydrogens is 635 g/mol. The van der Waals surface area contributed by atoms with Crippen LogP contribution in [0.25, 0.3) is 0 Å². The normalized spacial score (nSPS) is 16.2. The van der Waals surface area contributed by atoms with E-state index in [1.807, 2.05) is 20.8 Å². The third-order valence-electron chi connectivity index (χ3n) is 6.86. The largest absolute Gasteiger partial charge is 0.479 e. The van der Waals surface area contributed by atoms with Gasteiger partial charge in [0.05, 0.1) is 15.6 Å². The molecule has 0 saturated heterocycles. The summed E-state index contributed by atoms with van der Waals surface area (Å²) < 4.78 is 26.7. The highest BCUT2D eigenvalue weighted by Gasteiger charge is 2.48.